The molecule has 3 rings (SSSR count). The van der Waals surface area contributed by atoms with Crippen molar-refractivity contribution in [3.05, 3.63) is 41.1 Å². The van der Waals surface area contributed by atoms with Crippen LogP contribution < -0.4 is 0 Å². The number of nitrogens with zero attached hydrogens (tertiary/aromatic N) is 2. The van der Waals surface area contributed by atoms with E-state index in [1.165, 1.54) is 0 Å². The number of fused-ring (bicyclic) bond motifs is 1. The molecule has 1 aliphatic rings. The lowest BCUT2D eigenvalue weighted by Crippen LogP contribution is -2.38. The predicted octanol–water partition coefficient (Wildman–Crippen LogP) is 3.27. The summed E-state index contributed by atoms with van der Waals surface area (Å²) in [6.07, 6.45) is 1.99. The second-order valence-electron chi connectivity index (χ2n) is 6.51. The zero-order chi connectivity index (χ0) is 18.0. The Morgan fingerprint density at radius 3 is 2.60 bits per heavy atom. The Hall–Kier alpha value is -2.43. The first kappa shape index (κ1) is 17.4. The van der Waals surface area contributed by atoms with E-state index in [0.717, 1.165) is 54.5 Å². The van der Waals surface area contributed by atoms with Gasteiger partial charge in [-0.1, -0.05) is 25.1 Å². The van der Waals surface area contributed by atoms with Crippen LogP contribution in [0.25, 0.3) is 10.9 Å². The van der Waals surface area contributed by atoms with Crippen molar-refractivity contribution in [2.75, 3.05) is 13.1 Å². The van der Waals surface area contributed by atoms with Crippen molar-refractivity contribution in [1.29, 1.82) is 0 Å². The second-order valence-corrected chi connectivity index (χ2v) is 6.51. The molecular formula is C20H24N2O3. The van der Waals surface area contributed by atoms with Crippen molar-refractivity contribution < 1.29 is 14.3 Å². The van der Waals surface area contributed by atoms with E-state index in [0.29, 0.717) is 5.56 Å². The van der Waals surface area contributed by atoms with Gasteiger partial charge in [-0.25, -0.2) is 4.79 Å². The van der Waals surface area contributed by atoms with Gasteiger partial charge in [-0.15, -0.1) is 0 Å². The Labute approximate surface area is 148 Å². The highest BCUT2D eigenvalue weighted by Gasteiger charge is 2.28. The Bertz CT molecular complexity index is 810. The smallest absolute Gasteiger partial charge is 0.339 e. The molecule has 25 heavy (non-hydrogen) atoms. The summed E-state index contributed by atoms with van der Waals surface area (Å²) in [7, 11) is 0. The third kappa shape index (κ3) is 3.36. The maximum atomic E-state index is 12.9. The van der Waals surface area contributed by atoms with Crippen molar-refractivity contribution in [3.8, 4) is 0 Å². The van der Waals surface area contributed by atoms with Gasteiger partial charge < -0.3 is 9.64 Å². The average Bonchev–Trinajstić information content (AvgIpc) is 3.14. The Morgan fingerprint density at radius 2 is 1.92 bits per heavy atom. The minimum atomic E-state index is -0.776. The number of pyridine rings is 1. The molecule has 1 amide bonds. The summed E-state index contributed by atoms with van der Waals surface area (Å²) in [5.41, 5.74) is 3.00. The first-order chi connectivity index (χ1) is 12.0. The van der Waals surface area contributed by atoms with Gasteiger partial charge in [-0.2, -0.15) is 0 Å². The van der Waals surface area contributed by atoms with E-state index < -0.39 is 12.1 Å². The number of carbonyl (C=O) groups excluding carboxylic acids is 2. The van der Waals surface area contributed by atoms with Crippen LogP contribution in [0.3, 0.4) is 0 Å². The number of amides is 1. The molecule has 1 aromatic carbocycles. The molecule has 1 fully saturated rings. The monoisotopic (exact) mass is 340 g/mol. The maximum absolute atomic E-state index is 12.9. The number of hydrogen-bond donors (Lipinski definition) is 0. The molecule has 2 heterocycles. The largest absolute Gasteiger partial charge is 0.449 e. The number of esters is 1. The molecule has 0 radical (unpaired) electrons. The Balaban J connectivity index is 1.91. The highest BCUT2D eigenvalue weighted by Crippen LogP contribution is 2.25. The van der Waals surface area contributed by atoms with Gasteiger partial charge in [0.05, 0.1) is 11.1 Å². The van der Waals surface area contributed by atoms with Gasteiger partial charge in [0.1, 0.15) is 0 Å². The minimum Gasteiger partial charge on any atom is -0.449 e. The molecule has 5 heteroatoms. The van der Waals surface area contributed by atoms with E-state index >= 15 is 0 Å². The minimum absolute atomic E-state index is 0.113. The number of para-hydroxylation sites is 1. The summed E-state index contributed by atoms with van der Waals surface area (Å²) < 4.78 is 5.54. The highest BCUT2D eigenvalue weighted by molar-refractivity contribution is 6.05. The lowest BCUT2D eigenvalue weighted by molar-refractivity contribution is -0.138. The Morgan fingerprint density at radius 1 is 1.24 bits per heavy atom. The molecule has 132 valence electrons. The van der Waals surface area contributed by atoms with Crippen molar-refractivity contribution in [2.45, 2.75) is 46.1 Å². The van der Waals surface area contributed by atoms with Gasteiger partial charge in [0.2, 0.25) is 0 Å². The molecule has 1 aromatic heterocycles. The second kappa shape index (κ2) is 7.21. The number of rotatable bonds is 4. The van der Waals surface area contributed by atoms with E-state index in [9.17, 15) is 9.59 Å². The van der Waals surface area contributed by atoms with Crippen molar-refractivity contribution in [2.24, 2.45) is 0 Å². The number of likely N-dealkylation sites (tertiary alicyclic amines) is 1. The molecule has 1 saturated heterocycles. The summed E-state index contributed by atoms with van der Waals surface area (Å²) in [5, 5.41) is 0.767. The standard InChI is InChI=1S/C20H24N2O3/c1-4-16-13(2)18(15-9-5-6-10-17(15)21-16)20(24)25-14(3)19(23)22-11-7-8-12-22/h5-6,9-10,14H,4,7-8,11-12H2,1-3H3/t14-/m1/s1. The van der Waals surface area contributed by atoms with E-state index in [1.807, 2.05) is 38.1 Å². The summed E-state index contributed by atoms with van der Waals surface area (Å²) in [5.74, 6) is -0.566. The number of aromatic nitrogens is 1. The summed E-state index contributed by atoms with van der Waals surface area (Å²) in [6.45, 7) is 7.05. The number of carbonyl (C=O) groups is 2. The molecule has 0 aliphatic carbocycles. The molecular weight excluding hydrogens is 316 g/mol. The quantitative estimate of drug-likeness (QED) is 0.802. The van der Waals surface area contributed by atoms with Crippen molar-refractivity contribution in [1.82, 2.24) is 9.88 Å². The SMILES string of the molecule is CCc1nc2ccccc2c(C(=O)O[C@H](C)C(=O)N2CCCC2)c1C. The summed E-state index contributed by atoms with van der Waals surface area (Å²) in [6, 6.07) is 7.55. The van der Waals surface area contributed by atoms with Gasteiger partial charge >= 0.3 is 5.97 Å². The number of aryl methyl sites for hydroxylation is 1. The van der Waals surface area contributed by atoms with Crippen LogP contribution in [0.1, 0.15) is 48.3 Å². The summed E-state index contributed by atoms with van der Waals surface area (Å²) in [4.78, 5) is 31.7. The van der Waals surface area contributed by atoms with Crippen LogP contribution in [-0.2, 0) is 16.0 Å². The normalized spacial score (nSPS) is 15.4. The topological polar surface area (TPSA) is 59.5 Å². The van der Waals surface area contributed by atoms with E-state index in [1.54, 1.807) is 11.8 Å². The van der Waals surface area contributed by atoms with Gasteiger partial charge in [0.25, 0.3) is 5.91 Å². The van der Waals surface area contributed by atoms with Crippen molar-refractivity contribution >= 4 is 22.8 Å². The summed E-state index contributed by atoms with van der Waals surface area (Å²) >= 11 is 0. The molecule has 0 bridgehead atoms. The van der Waals surface area contributed by atoms with E-state index in [4.69, 9.17) is 4.74 Å². The highest BCUT2D eigenvalue weighted by atomic mass is 16.5. The van der Waals surface area contributed by atoms with Gasteiger partial charge in [-0.3, -0.25) is 9.78 Å². The van der Waals surface area contributed by atoms with Crippen LogP contribution in [-0.4, -0.2) is 41.0 Å². The van der Waals surface area contributed by atoms with Crippen LogP contribution in [0.5, 0.6) is 0 Å². The van der Waals surface area contributed by atoms with Crippen LogP contribution in [0, 0.1) is 6.92 Å². The van der Waals surface area contributed by atoms with Gasteiger partial charge in [0, 0.05) is 24.2 Å². The molecule has 0 saturated carbocycles. The van der Waals surface area contributed by atoms with Crippen LogP contribution in [0.2, 0.25) is 0 Å². The lowest BCUT2D eigenvalue weighted by atomic mass is 10.0. The predicted molar refractivity (Wildman–Crippen MR) is 96.5 cm³/mol. The number of ether oxygens (including phenoxy) is 1. The molecule has 1 aliphatic heterocycles. The number of benzene rings is 1. The Kier molecular flexibility index (Phi) is 5.02. The third-order valence-corrected chi connectivity index (χ3v) is 4.83. The van der Waals surface area contributed by atoms with E-state index in [-0.39, 0.29) is 5.91 Å². The molecule has 5 nitrogen and oxygen atoms in total. The zero-order valence-corrected chi connectivity index (χ0v) is 15.0. The van der Waals surface area contributed by atoms with Crippen molar-refractivity contribution in [3.63, 3.8) is 0 Å². The van der Waals surface area contributed by atoms with Crippen LogP contribution in [0.4, 0.5) is 0 Å². The average molecular weight is 340 g/mol. The molecule has 0 unspecified atom stereocenters. The number of hydrogen-bond acceptors (Lipinski definition) is 4. The molecule has 2 aromatic rings. The van der Waals surface area contributed by atoms with Gasteiger partial charge in [0.15, 0.2) is 6.10 Å². The lowest BCUT2D eigenvalue weighted by Gasteiger charge is -2.21. The molecule has 0 spiro atoms. The molecule has 1 atom stereocenters. The fourth-order valence-corrected chi connectivity index (χ4v) is 3.43. The first-order valence-electron chi connectivity index (χ1n) is 8.91. The van der Waals surface area contributed by atoms with E-state index in [2.05, 4.69) is 4.98 Å². The molecule has 0 N–H and O–H groups in total. The zero-order valence-electron chi connectivity index (χ0n) is 15.0. The third-order valence-electron chi connectivity index (χ3n) is 4.83. The van der Waals surface area contributed by atoms with Gasteiger partial charge in [-0.05, 0) is 44.7 Å². The van der Waals surface area contributed by atoms with Crippen LogP contribution >= 0.6 is 0 Å². The van der Waals surface area contributed by atoms with Crippen LogP contribution in [0.15, 0.2) is 24.3 Å². The maximum Gasteiger partial charge on any atom is 0.339 e. The fraction of sp³-hybridized carbons (Fsp3) is 0.450. The fourth-order valence-electron chi connectivity index (χ4n) is 3.43. The first-order valence-corrected chi connectivity index (χ1v) is 8.91.